The molecule has 2 heterocycles. The van der Waals surface area contributed by atoms with Crippen molar-refractivity contribution in [2.75, 3.05) is 19.8 Å². The molecule has 0 spiro atoms. The summed E-state index contributed by atoms with van der Waals surface area (Å²) in [5.41, 5.74) is -0.625. The molecule has 3 atom stereocenters. The van der Waals surface area contributed by atoms with Crippen LogP contribution in [-0.4, -0.2) is 96.9 Å². The topological polar surface area (TPSA) is 140 Å². The monoisotopic (exact) mass is 417 g/mol. The number of ether oxygens (including phenoxy) is 1. The molecule has 26 heavy (non-hydrogen) atoms. The summed E-state index contributed by atoms with van der Waals surface area (Å²) in [5.74, 6) is 0. The molecule has 0 aromatic carbocycles. The second kappa shape index (κ2) is 11.4. The van der Waals surface area contributed by atoms with E-state index in [0.29, 0.717) is 31.2 Å². The Morgan fingerprint density at radius 2 is 2.08 bits per heavy atom. The molecule has 1 saturated heterocycles. The molecule has 143 valence electrons. The number of aryl methyl sites for hydroxylation is 1. The summed E-state index contributed by atoms with van der Waals surface area (Å²) < 4.78 is 28.4. The average Bonchev–Trinajstić information content (AvgIpc) is 3.02. The van der Waals surface area contributed by atoms with E-state index >= 15 is 0 Å². The number of aliphatic hydroxyl groups excluding tert-OH is 1. The van der Waals surface area contributed by atoms with E-state index in [1.165, 1.54) is 10.8 Å². The molecule has 3 N–H and O–H groups in total. The molecule has 1 fully saturated rings. The van der Waals surface area contributed by atoms with Gasteiger partial charge in [-0.1, -0.05) is 0 Å². The van der Waals surface area contributed by atoms with Crippen LogP contribution in [0.15, 0.2) is 15.8 Å². The van der Waals surface area contributed by atoms with Crippen molar-refractivity contribution in [3.05, 3.63) is 32.6 Å². The largest absolute Gasteiger partial charge is 0.472 e. The second-order valence-corrected chi connectivity index (χ2v) is 7.25. The first-order valence-corrected chi connectivity index (χ1v) is 9.52. The Hall–Kier alpha value is 0.346. The fourth-order valence-electron chi connectivity index (χ4n) is 2.42. The van der Waals surface area contributed by atoms with Gasteiger partial charge >= 0.3 is 13.5 Å². The van der Waals surface area contributed by atoms with E-state index in [-0.39, 0.29) is 71.2 Å². The maximum Gasteiger partial charge on any atom is 0.472 e. The van der Waals surface area contributed by atoms with Gasteiger partial charge in [0, 0.05) is 69.8 Å². The SMILES string of the molecule is Cc1cn([C@H]2CC[C@H](COP(=O)(O)OCCCCO)O2)c(=O)[nH]c1=O.[K]. The summed E-state index contributed by atoms with van der Waals surface area (Å²) in [6.45, 7) is 1.43. The molecular formula is C14H23KN2O8P. The van der Waals surface area contributed by atoms with Crippen LogP contribution in [0.4, 0.5) is 0 Å². The fourth-order valence-corrected chi connectivity index (χ4v) is 3.21. The molecule has 1 aliphatic heterocycles. The molecule has 0 amide bonds. The maximum absolute atomic E-state index is 11.8. The van der Waals surface area contributed by atoms with Gasteiger partial charge in [-0.25, -0.2) is 9.36 Å². The predicted octanol–water partition coefficient (Wildman–Crippen LogP) is 0.0479. The Morgan fingerprint density at radius 3 is 2.77 bits per heavy atom. The van der Waals surface area contributed by atoms with Crippen LogP contribution in [0.2, 0.25) is 0 Å². The summed E-state index contributed by atoms with van der Waals surface area (Å²) in [7, 11) is -4.18. The number of rotatable bonds is 9. The van der Waals surface area contributed by atoms with Gasteiger partial charge in [-0.15, -0.1) is 0 Å². The third kappa shape index (κ3) is 7.40. The Balaban J connectivity index is 0.00000338. The van der Waals surface area contributed by atoms with Gasteiger partial charge in [-0.2, -0.15) is 0 Å². The van der Waals surface area contributed by atoms with Gasteiger partial charge in [0.05, 0.1) is 19.3 Å². The van der Waals surface area contributed by atoms with Gasteiger partial charge < -0.3 is 14.7 Å². The van der Waals surface area contributed by atoms with Gasteiger partial charge in [0.1, 0.15) is 6.23 Å². The van der Waals surface area contributed by atoms with Crippen molar-refractivity contribution >= 4 is 59.2 Å². The molecule has 10 nitrogen and oxygen atoms in total. The first-order chi connectivity index (χ1) is 11.8. The second-order valence-electron chi connectivity index (χ2n) is 5.80. The van der Waals surface area contributed by atoms with Crippen molar-refractivity contribution < 1.29 is 28.3 Å². The number of phosphoric acid groups is 1. The standard InChI is InChI=1S/C14H23N2O8P.K/c1-10-8-16(14(19)15-13(10)18)12-5-4-11(24-12)9-23-25(20,21)22-7-3-2-6-17;/h8,11-12,17H,2-7,9H2,1H3,(H,20,21)(H,15,18,19);/t11-,12-;/m1./s1. The van der Waals surface area contributed by atoms with Crippen LogP contribution in [-0.2, 0) is 18.3 Å². The smallest absolute Gasteiger partial charge is 0.396 e. The minimum absolute atomic E-state index is 0. The number of nitrogens with one attached hydrogen (secondary N) is 1. The van der Waals surface area contributed by atoms with Crippen LogP contribution in [0.25, 0.3) is 0 Å². The molecule has 1 radical (unpaired) electrons. The first kappa shape index (κ1) is 24.4. The van der Waals surface area contributed by atoms with E-state index < -0.39 is 31.4 Å². The Morgan fingerprint density at radius 1 is 1.35 bits per heavy atom. The van der Waals surface area contributed by atoms with Crippen LogP contribution >= 0.6 is 7.82 Å². The molecular weight excluding hydrogens is 394 g/mol. The maximum atomic E-state index is 11.8. The number of H-pyrrole nitrogens is 1. The van der Waals surface area contributed by atoms with E-state index in [2.05, 4.69) is 4.98 Å². The van der Waals surface area contributed by atoms with Gasteiger partial charge in [0.2, 0.25) is 0 Å². The molecule has 0 saturated carbocycles. The van der Waals surface area contributed by atoms with Crippen molar-refractivity contribution in [1.82, 2.24) is 9.55 Å². The molecule has 1 aromatic rings. The van der Waals surface area contributed by atoms with E-state index in [0.717, 1.165) is 0 Å². The number of hydrogen-bond acceptors (Lipinski definition) is 7. The minimum atomic E-state index is -4.18. The van der Waals surface area contributed by atoms with Gasteiger partial charge in [0.25, 0.3) is 5.56 Å². The minimum Gasteiger partial charge on any atom is -0.396 e. The van der Waals surface area contributed by atoms with Crippen LogP contribution in [0, 0.1) is 6.92 Å². The summed E-state index contributed by atoms with van der Waals surface area (Å²) in [6, 6.07) is 0. The third-order valence-corrected chi connectivity index (χ3v) is 4.76. The van der Waals surface area contributed by atoms with Crippen molar-refractivity contribution in [1.29, 1.82) is 0 Å². The summed E-state index contributed by atoms with van der Waals surface area (Å²) in [5, 5.41) is 8.63. The number of aromatic amines is 1. The van der Waals surface area contributed by atoms with Gasteiger partial charge in [0.15, 0.2) is 0 Å². The molecule has 1 unspecified atom stereocenters. The van der Waals surface area contributed by atoms with Gasteiger partial charge in [-0.3, -0.25) is 23.4 Å². The molecule has 12 heteroatoms. The zero-order valence-electron chi connectivity index (χ0n) is 14.9. The average molecular weight is 417 g/mol. The predicted molar refractivity (Wildman–Crippen MR) is 93.0 cm³/mol. The molecule has 2 rings (SSSR count). The van der Waals surface area contributed by atoms with Crippen molar-refractivity contribution in [3.63, 3.8) is 0 Å². The molecule has 0 bridgehead atoms. The summed E-state index contributed by atoms with van der Waals surface area (Å²) >= 11 is 0. The van der Waals surface area contributed by atoms with Gasteiger partial charge in [-0.05, 0) is 32.6 Å². The number of nitrogens with zero attached hydrogens (tertiary/aromatic N) is 1. The number of phosphoric ester groups is 1. The first-order valence-electron chi connectivity index (χ1n) is 8.02. The van der Waals surface area contributed by atoms with Crippen LogP contribution in [0.1, 0.15) is 37.5 Å². The van der Waals surface area contributed by atoms with Crippen LogP contribution in [0.5, 0.6) is 0 Å². The fraction of sp³-hybridized carbons (Fsp3) is 0.714. The van der Waals surface area contributed by atoms with Crippen LogP contribution < -0.4 is 11.2 Å². The third-order valence-electron chi connectivity index (χ3n) is 3.77. The summed E-state index contributed by atoms with van der Waals surface area (Å²) in [4.78, 5) is 35.0. The number of unbranched alkanes of at least 4 members (excludes halogenated alkanes) is 1. The normalized spacial score (nSPS) is 22.0. The summed E-state index contributed by atoms with van der Waals surface area (Å²) in [6.07, 6.45) is 2.34. The quantitative estimate of drug-likeness (QED) is 0.291. The number of aromatic nitrogens is 2. The molecule has 1 aliphatic rings. The number of hydrogen-bond donors (Lipinski definition) is 3. The Labute approximate surface area is 192 Å². The Kier molecular flexibility index (Phi) is 10.7. The Bertz CT molecular complexity index is 736. The van der Waals surface area contributed by atoms with E-state index in [9.17, 15) is 19.0 Å². The zero-order valence-corrected chi connectivity index (χ0v) is 18.9. The molecule has 0 aliphatic carbocycles. The zero-order chi connectivity index (χ0) is 18.4. The van der Waals surface area contributed by atoms with Crippen molar-refractivity contribution in [2.24, 2.45) is 0 Å². The van der Waals surface area contributed by atoms with Crippen molar-refractivity contribution in [2.45, 2.75) is 44.9 Å². The van der Waals surface area contributed by atoms with E-state index in [1.54, 1.807) is 6.92 Å². The molecule has 1 aromatic heterocycles. The van der Waals surface area contributed by atoms with Crippen LogP contribution in [0.3, 0.4) is 0 Å². The van der Waals surface area contributed by atoms with Crippen molar-refractivity contribution in [3.8, 4) is 0 Å². The van der Waals surface area contributed by atoms with E-state index in [1.807, 2.05) is 0 Å². The van der Waals surface area contributed by atoms with E-state index in [4.69, 9.17) is 18.9 Å². The number of aliphatic hydroxyl groups is 1.